The van der Waals surface area contributed by atoms with E-state index in [1.165, 1.54) is 0 Å². The van der Waals surface area contributed by atoms with Crippen molar-refractivity contribution in [2.45, 2.75) is 6.42 Å². The number of nitrogens with one attached hydrogen (secondary N) is 1. The summed E-state index contributed by atoms with van der Waals surface area (Å²) < 4.78 is 5.09. The number of ether oxygens (including phenoxy) is 1. The molecule has 1 N–H and O–H groups in total. The molecule has 1 aliphatic rings. The van der Waals surface area contributed by atoms with Crippen molar-refractivity contribution in [2.24, 2.45) is 5.92 Å². The first-order valence-corrected chi connectivity index (χ1v) is 5.17. The average molecular weight is 205 g/mol. The van der Waals surface area contributed by atoms with Crippen LogP contribution in [0.1, 0.15) is 16.8 Å². The minimum Gasteiger partial charge on any atom is -0.497 e. The monoisotopic (exact) mass is 205 g/mol. The number of hydrogen-bond donors (Lipinski definition) is 1. The Morgan fingerprint density at radius 1 is 1.53 bits per heavy atom. The van der Waals surface area contributed by atoms with Crippen LogP contribution in [0.5, 0.6) is 5.75 Å². The van der Waals surface area contributed by atoms with Gasteiger partial charge in [-0.1, -0.05) is 12.1 Å². The first kappa shape index (κ1) is 10.2. The molecule has 1 saturated heterocycles. The van der Waals surface area contributed by atoms with E-state index in [0.29, 0.717) is 12.3 Å². The fourth-order valence-electron chi connectivity index (χ4n) is 1.67. The molecule has 1 fully saturated rings. The highest BCUT2D eigenvalue weighted by atomic mass is 16.5. The fourth-order valence-corrected chi connectivity index (χ4v) is 1.67. The van der Waals surface area contributed by atoms with Crippen molar-refractivity contribution in [1.82, 2.24) is 5.32 Å². The summed E-state index contributed by atoms with van der Waals surface area (Å²) in [4.78, 5) is 11.8. The van der Waals surface area contributed by atoms with Crippen LogP contribution in [0, 0.1) is 5.92 Å². The number of carbonyl (C=O) groups is 1. The standard InChI is InChI=1S/C12H15NO2/c1-15-11-4-2-3-10(6-11)12(14)5-9-7-13-8-9/h2-4,6,9,13H,5,7-8H2,1H3. The van der Waals surface area contributed by atoms with Crippen molar-refractivity contribution >= 4 is 5.78 Å². The largest absolute Gasteiger partial charge is 0.497 e. The van der Waals surface area contributed by atoms with Crippen LogP contribution in [0.15, 0.2) is 24.3 Å². The van der Waals surface area contributed by atoms with Gasteiger partial charge in [0.2, 0.25) is 0 Å². The van der Waals surface area contributed by atoms with Crippen molar-refractivity contribution < 1.29 is 9.53 Å². The van der Waals surface area contributed by atoms with Gasteiger partial charge in [-0.15, -0.1) is 0 Å². The van der Waals surface area contributed by atoms with Crippen LogP contribution in [0.25, 0.3) is 0 Å². The summed E-state index contributed by atoms with van der Waals surface area (Å²) in [5.74, 6) is 1.47. The molecule has 1 heterocycles. The topological polar surface area (TPSA) is 38.3 Å². The Morgan fingerprint density at radius 3 is 2.93 bits per heavy atom. The highest BCUT2D eigenvalue weighted by Crippen LogP contribution is 2.17. The van der Waals surface area contributed by atoms with E-state index in [4.69, 9.17) is 4.74 Å². The van der Waals surface area contributed by atoms with Gasteiger partial charge < -0.3 is 10.1 Å². The van der Waals surface area contributed by atoms with Gasteiger partial charge in [-0.25, -0.2) is 0 Å². The third-order valence-electron chi connectivity index (χ3n) is 2.73. The second kappa shape index (κ2) is 4.45. The fraction of sp³-hybridized carbons (Fsp3) is 0.417. The SMILES string of the molecule is COc1cccc(C(=O)CC2CNC2)c1. The third kappa shape index (κ3) is 2.36. The number of rotatable bonds is 4. The minimum absolute atomic E-state index is 0.209. The summed E-state index contributed by atoms with van der Waals surface area (Å²) in [6, 6.07) is 7.35. The van der Waals surface area contributed by atoms with Gasteiger partial charge in [-0.2, -0.15) is 0 Å². The Morgan fingerprint density at radius 2 is 2.33 bits per heavy atom. The molecule has 0 aliphatic carbocycles. The Balaban J connectivity index is 2.03. The molecule has 0 amide bonds. The van der Waals surface area contributed by atoms with Gasteiger partial charge in [0.1, 0.15) is 5.75 Å². The molecule has 2 rings (SSSR count). The second-order valence-electron chi connectivity index (χ2n) is 3.88. The first-order chi connectivity index (χ1) is 7.29. The van der Waals surface area contributed by atoms with Crippen LogP contribution in [-0.4, -0.2) is 26.0 Å². The maximum absolute atomic E-state index is 11.8. The Kier molecular flexibility index (Phi) is 3.02. The molecular formula is C12H15NO2. The van der Waals surface area contributed by atoms with E-state index in [-0.39, 0.29) is 5.78 Å². The lowest BCUT2D eigenvalue weighted by Gasteiger charge is -2.26. The molecule has 0 unspecified atom stereocenters. The number of Topliss-reactive ketones (excluding diaryl/α,β-unsaturated/α-hetero) is 1. The van der Waals surface area contributed by atoms with Gasteiger partial charge in [-0.3, -0.25) is 4.79 Å². The van der Waals surface area contributed by atoms with Gasteiger partial charge in [0.25, 0.3) is 0 Å². The highest BCUT2D eigenvalue weighted by Gasteiger charge is 2.20. The van der Waals surface area contributed by atoms with Crippen LogP contribution in [0.3, 0.4) is 0 Å². The quantitative estimate of drug-likeness (QED) is 0.757. The molecule has 0 bridgehead atoms. The van der Waals surface area contributed by atoms with Gasteiger partial charge in [0.15, 0.2) is 5.78 Å². The van der Waals surface area contributed by atoms with E-state index < -0.39 is 0 Å². The summed E-state index contributed by atoms with van der Waals surface area (Å²) in [5, 5.41) is 3.16. The molecule has 15 heavy (non-hydrogen) atoms. The molecule has 0 radical (unpaired) electrons. The van der Waals surface area contributed by atoms with Gasteiger partial charge in [0.05, 0.1) is 7.11 Å². The second-order valence-corrected chi connectivity index (χ2v) is 3.88. The highest BCUT2D eigenvalue weighted by molar-refractivity contribution is 5.96. The number of benzene rings is 1. The molecular weight excluding hydrogens is 190 g/mol. The lowest BCUT2D eigenvalue weighted by Crippen LogP contribution is -2.42. The van der Waals surface area contributed by atoms with Crippen molar-refractivity contribution in [3.8, 4) is 5.75 Å². The van der Waals surface area contributed by atoms with E-state index in [1.54, 1.807) is 13.2 Å². The molecule has 0 saturated carbocycles. The summed E-state index contributed by atoms with van der Waals surface area (Å²) in [6.45, 7) is 1.94. The summed E-state index contributed by atoms with van der Waals surface area (Å²) in [5.41, 5.74) is 0.751. The lowest BCUT2D eigenvalue weighted by atomic mass is 9.94. The summed E-state index contributed by atoms with van der Waals surface area (Å²) >= 11 is 0. The van der Waals surface area contributed by atoms with Crippen molar-refractivity contribution in [2.75, 3.05) is 20.2 Å². The maximum atomic E-state index is 11.8. The zero-order valence-electron chi connectivity index (χ0n) is 8.82. The predicted molar refractivity (Wildman–Crippen MR) is 58.3 cm³/mol. The number of ketones is 1. The molecule has 0 aromatic heterocycles. The van der Waals surface area contributed by atoms with E-state index in [0.717, 1.165) is 24.4 Å². The van der Waals surface area contributed by atoms with Crippen LogP contribution < -0.4 is 10.1 Å². The van der Waals surface area contributed by atoms with Gasteiger partial charge >= 0.3 is 0 Å². The number of hydrogen-bond acceptors (Lipinski definition) is 3. The van der Waals surface area contributed by atoms with E-state index in [9.17, 15) is 4.79 Å². The van der Waals surface area contributed by atoms with Crippen molar-refractivity contribution in [3.05, 3.63) is 29.8 Å². The van der Waals surface area contributed by atoms with E-state index >= 15 is 0 Å². The van der Waals surface area contributed by atoms with Gasteiger partial charge in [-0.05, 0) is 31.1 Å². The molecule has 1 aromatic carbocycles. The minimum atomic E-state index is 0.209. The normalized spacial score (nSPS) is 15.8. The molecule has 0 atom stereocenters. The Labute approximate surface area is 89.4 Å². The Bertz CT molecular complexity index is 358. The Hall–Kier alpha value is -1.35. The van der Waals surface area contributed by atoms with E-state index in [2.05, 4.69) is 5.32 Å². The molecule has 80 valence electrons. The average Bonchev–Trinajstić information content (AvgIpc) is 2.23. The van der Waals surface area contributed by atoms with Crippen molar-refractivity contribution in [3.63, 3.8) is 0 Å². The molecule has 0 spiro atoms. The molecule has 1 aliphatic heterocycles. The summed E-state index contributed by atoms with van der Waals surface area (Å²) in [6.07, 6.45) is 0.639. The first-order valence-electron chi connectivity index (χ1n) is 5.17. The van der Waals surface area contributed by atoms with Gasteiger partial charge in [0, 0.05) is 12.0 Å². The maximum Gasteiger partial charge on any atom is 0.163 e. The lowest BCUT2D eigenvalue weighted by molar-refractivity contribution is 0.0945. The number of methoxy groups -OCH3 is 1. The van der Waals surface area contributed by atoms with E-state index in [1.807, 2.05) is 18.2 Å². The molecule has 3 nitrogen and oxygen atoms in total. The van der Waals surface area contributed by atoms with Crippen LogP contribution >= 0.6 is 0 Å². The van der Waals surface area contributed by atoms with Crippen molar-refractivity contribution in [1.29, 1.82) is 0 Å². The molecule has 3 heteroatoms. The smallest absolute Gasteiger partial charge is 0.163 e. The zero-order valence-corrected chi connectivity index (χ0v) is 8.82. The van der Waals surface area contributed by atoms with Crippen LogP contribution in [0.2, 0.25) is 0 Å². The van der Waals surface area contributed by atoms with Crippen LogP contribution in [0.4, 0.5) is 0 Å². The number of carbonyl (C=O) groups excluding carboxylic acids is 1. The third-order valence-corrected chi connectivity index (χ3v) is 2.73. The molecule has 1 aromatic rings. The zero-order chi connectivity index (χ0) is 10.7. The summed E-state index contributed by atoms with van der Waals surface area (Å²) in [7, 11) is 1.61. The van der Waals surface area contributed by atoms with Crippen LogP contribution in [-0.2, 0) is 0 Å². The predicted octanol–water partition coefficient (Wildman–Crippen LogP) is 1.49.